The van der Waals surface area contributed by atoms with Crippen molar-refractivity contribution in [2.75, 3.05) is 18.5 Å². The smallest absolute Gasteiger partial charge is 0.225 e. The van der Waals surface area contributed by atoms with Crippen LogP contribution in [-0.2, 0) is 11.4 Å². The molecule has 1 amide bonds. The number of ether oxygens (including phenoxy) is 3. The summed E-state index contributed by atoms with van der Waals surface area (Å²) in [6, 6.07) is 21.9. The molecule has 2 aliphatic rings. The molecule has 5 heteroatoms. The quantitative estimate of drug-likeness (QED) is 0.716. The van der Waals surface area contributed by atoms with Gasteiger partial charge in [-0.3, -0.25) is 4.79 Å². The molecule has 146 valence electrons. The van der Waals surface area contributed by atoms with Gasteiger partial charge in [0.05, 0.1) is 0 Å². The lowest BCUT2D eigenvalue weighted by Gasteiger charge is -2.29. The van der Waals surface area contributed by atoms with Gasteiger partial charge in [0, 0.05) is 24.1 Å². The lowest BCUT2D eigenvalue weighted by Crippen LogP contribution is -2.24. The first kappa shape index (κ1) is 17.6. The number of benzene rings is 3. The van der Waals surface area contributed by atoms with E-state index in [1.165, 1.54) is 0 Å². The Morgan fingerprint density at radius 1 is 0.931 bits per heavy atom. The van der Waals surface area contributed by atoms with Crippen molar-refractivity contribution >= 4 is 11.6 Å². The summed E-state index contributed by atoms with van der Waals surface area (Å²) in [6.45, 7) is 1.56. The SMILES string of the molecule is O=C1C[C@H](c2cccc(OCc3ccccc3)c2)c2cc3c(cc2N1)OCCO3. The maximum Gasteiger partial charge on any atom is 0.225 e. The predicted molar refractivity (Wildman–Crippen MR) is 110 cm³/mol. The van der Waals surface area contributed by atoms with Gasteiger partial charge in [-0.1, -0.05) is 42.5 Å². The molecule has 3 aromatic carbocycles. The summed E-state index contributed by atoms with van der Waals surface area (Å²) in [6.07, 6.45) is 0.384. The molecule has 3 aromatic rings. The van der Waals surface area contributed by atoms with Crippen LogP contribution < -0.4 is 19.5 Å². The van der Waals surface area contributed by atoms with Crippen molar-refractivity contribution in [3.05, 3.63) is 83.4 Å². The maximum absolute atomic E-state index is 12.4. The Morgan fingerprint density at radius 3 is 2.55 bits per heavy atom. The molecule has 0 radical (unpaired) electrons. The number of rotatable bonds is 4. The molecule has 0 fully saturated rings. The molecule has 0 saturated heterocycles. The minimum absolute atomic E-state index is 0.00483. The number of amides is 1. The lowest BCUT2D eigenvalue weighted by molar-refractivity contribution is -0.116. The summed E-state index contributed by atoms with van der Waals surface area (Å²) in [7, 11) is 0. The zero-order valence-electron chi connectivity index (χ0n) is 15.9. The van der Waals surface area contributed by atoms with E-state index in [1.807, 2.05) is 66.7 Å². The van der Waals surface area contributed by atoms with Crippen molar-refractivity contribution < 1.29 is 19.0 Å². The fourth-order valence-corrected chi connectivity index (χ4v) is 3.86. The number of hydrogen-bond acceptors (Lipinski definition) is 4. The molecule has 5 nitrogen and oxygen atoms in total. The van der Waals surface area contributed by atoms with Crippen molar-refractivity contribution in [1.29, 1.82) is 0 Å². The maximum atomic E-state index is 12.4. The summed E-state index contributed by atoms with van der Waals surface area (Å²) in [5.74, 6) is 2.13. The Kier molecular flexibility index (Phi) is 4.56. The van der Waals surface area contributed by atoms with Crippen molar-refractivity contribution in [3.63, 3.8) is 0 Å². The number of nitrogens with one attached hydrogen (secondary N) is 1. The van der Waals surface area contributed by atoms with E-state index in [9.17, 15) is 4.79 Å². The largest absolute Gasteiger partial charge is 0.489 e. The fraction of sp³-hybridized carbons (Fsp3) is 0.208. The van der Waals surface area contributed by atoms with Gasteiger partial charge in [-0.15, -0.1) is 0 Å². The van der Waals surface area contributed by atoms with Crippen molar-refractivity contribution in [3.8, 4) is 17.2 Å². The second-order valence-electron chi connectivity index (χ2n) is 7.23. The second-order valence-corrected chi connectivity index (χ2v) is 7.23. The molecule has 1 N–H and O–H groups in total. The highest BCUT2D eigenvalue weighted by Crippen LogP contribution is 2.44. The Morgan fingerprint density at radius 2 is 1.72 bits per heavy atom. The average molecular weight is 387 g/mol. The van der Waals surface area contributed by atoms with Gasteiger partial charge in [0.2, 0.25) is 5.91 Å². The first-order valence-corrected chi connectivity index (χ1v) is 9.76. The summed E-state index contributed by atoms with van der Waals surface area (Å²) < 4.78 is 17.4. The highest BCUT2D eigenvalue weighted by atomic mass is 16.6. The molecule has 2 heterocycles. The third-order valence-corrected chi connectivity index (χ3v) is 5.26. The van der Waals surface area contributed by atoms with Gasteiger partial charge >= 0.3 is 0 Å². The zero-order valence-corrected chi connectivity index (χ0v) is 15.9. The van der Waals surface area contributed by atoms with Crippen LogP contribution >= 0.6 is 0 Å². The van der Waals surface area contributed by atoms with E-state index in [0.717, 1.165) is 33.9 Å². The molecule has 0 unspecified atom stereocenters. The van der Waals surface area contributed by atoms with Crippen LogP contribution in [0.15, 0.2) is 66.7 Å². The average Bonchev–Trinajstić information content (AvgIpc) is 2.77. The molecule has 2 aliphatic heterocycles. The van der Waals surface area contributed by atoms with E-state index in [2.05, 4.69) is 5.32 Å². The molecule has 0 saturated carbocycles. The minimum Gasteiger partial charge on any atom is -0.489 e. The van der Waals surface area contributed by atoms with Crippen LogP contribution in [0.2, 0.25) is 0 Å². The number of hydrogen-bond donors (Lipinski definition) is 1. The van der Waals surface area contributed by atoms with Crippen LogP contribution in [0.3, 0.4) is 0 Å². The third kappa shape index (κ3) is 3.63. The van der Waals surface area contributed by atoms with E-state index >= 15 is 0 Å². The Bertz CT molecular complexity index is 1050. The molecular formula is C24H21NO4. The first-order valence-electron chi connectivity index (χ1n) is 9.76. The molecule has 0 spiro atoms. The Hall–Kier alpha value is -3.47. The summed E-state index contributed by atoms with van der Waals surface area (Å²) in [5, 5.41) is 2.97. The van der Waals surface area contributed by atoms with Crippen LogP contribution in [0.4, 0.5) is 5.69 Å². The Labute approximate surface area is 169 Å². The van der Waals surface area contributed by atoms with E-state index in [4.69, 9.17) is 14.2 Å². The van der Waals surface area contributed by atoms with Crippen LogP contribution in [0.25, 0.3) is 0 Å². The topological polar surface area (TPSA) is 56.8 Å². The second kappa shape index (κ2) is 7.51. The molecule has 0 aliphatic carbocycles. The van der Waals surface area contributed by atoms with Gasteiger partial charge in [-0.2, -0.15) is 0 Å². The predicted octanol–water partition coefficient (Wildman–Crippen LogP) is 4.51. The molecule has 0 aromatic heterocycles. The Balaban J connectivity index is 1.44. The first-order chi connectivity index (χ1) is 14.3. The van der Waals surface area contributed by atoms with Gasteiger partial charge in [0.25, 0.3) is 0 Å². The normalized spacial score (nSPS) is 17.2. The van der Waals surface area contributed by atoms with E-state index < -0.39 is 0 Å². The fourth-order valence-electron chi connectivity index (χ4n) is 3.86. The van der Waals surface area contributed by atoms with Crippen molar-refractivity contribution in [2.45, 2.75) is 18.9 Å². The molecular weight excluding hydrogens is 366 g/mol. The van der Waals surface area contributed by atoms with Crippen LogP contribution in [0.1, 0.15) is 29.0 Å². The van der Waals surface area contributed by atoms with Crippen LogP contribution in [0, 0.1) is 0 Å². The number of carbonyl (C=O) groups is 1. The summed E-state index contributed by atoms with van der Waals surface area (Å²) in [5.41, 5.74) is 3.98. The highest BCUT2D eigenvalue weighted by Gasteiger charge is 2.29. The standard InChI is InChI=1S/C24H21NO4/c26-24-13-19(20-12-22-23(14-21(20)25-24)28-10-9-27-22)17-7-4-8-18(11-17)29-15-16-5-2-1-3-6-16/h1-8,11-12,14,19H,9-10,13,15H2,(H,25,26)/t19-/m1/s1. The molecule has 1 atom stereocenters. The van der Waals surface area contributed by atoms with E-state index in [0.29, 0.717) is 32.0 Å². The van der Waals surface area contributed by atoms with Gasteiger partial charge < -0.3 is 19.5 Å². The van der Waals surface area contributed by atoms with Gasteiger partial charge in [-0.25, -0.2) is 0 Å². The molecule has 0 bridgehead atoms. The van der Waals surface area contributed by atoms with Crippen molar-refractivity contribution in [1.82, 2.24) is 0 Å². The molecule has 29 heavy (non-hydrogen) atoms. The summed E-state index contributed by atoms with van der Waals surface area (Å²) >= 11 is 0. The zero-order chi connectivity index (χ0) is 19.6. The third-order valence-electron chi connectivity index (χ3n) is 5.26. The number of fused-ring (bicyclic) bond motifs is 2. The van der Waals surface area contributed by atoms with E-state index in [-0.39, 0.29) is 11.8 Å². The summed E-state index contributed by atoms with van der Waals surface area (Å²) in [4.78, 5) is 12.4. The van der Waals surface area contributed by atoms with Crippen LogP contribution in [-0.4, -0.2) is 19.1 Å². The van der Waals surface area contributed by atoms with E-state index in [1.54, 1.807) is 0 Å². The van der Waals surface area contributed by atoms with Crippen LogP contribution in [0.5, 0.6) is 17.2 Å². The lowest BCUT2D eigenvalue weighted by atomic mass is 9.84. The van der Waals surface area contributed by atoms with Gasteiger partial charge in [0.15, 0.2) is 11.5 Å². The minimum atomic E-state index is -0.0603. The number of carbonyl (C=O) groups excluding carboxylic acids is 1. The highest BCUT2D eigenvalue weighted by molar-refractivity contribution is 5.96. The van der Waals surface area contributed by atoms with Gasteiger partial charge in [-0.05, 0) is 34.9 Å². The molecule has 5 rings (SSSR count). The van der Waals surface area contributed by atoms with Crippen molar-refractivity contribution in [2.24, 2.45) is 0 Å². The van der Waals surface area contributed by atoms with Gasteiger partial charge in [0.1, 0.15) is 25.6 Å². The monoisotopic (exact) mass is 387 g/mol. The number of anilines is 1.